The van der Waals surface area contributed by atoms with Crippen LogP contribution in [0.2, 0.25) is 0 Å². The highest BCUT2D eigenvalue weighted by molar-refractivity contribution is 14.1. The van der Waals surface area contributed by atoms with Crippen molar-refractivity contribution >= 4 is 49.3 Å². The summed E-state index contributed by atoms with van der Waals surface area (Å²) in [5.74, 6) is -3.01. The smallest absolute Gasteiger partial charge is 0.256 e. The van der Waals surface area contributed by atoms with E-state index in [1.165, 1.54) is 18.2 Å². The first kappa shape index (κ1) is 20.4. The van der Waals surface area contributed by atoms with Crippen molar-refractivity contribution in [2.75, 3.05) is 32.0 Å². The van der Waals surface area contributed by atoms with Crippen LogP contribution in [0.25, 0.3) is 0 Å². The summed E-state index contributed by atoms with van der Waals surface area (Å²) in [5, 5.41) is 2.55. The Labute approximate surface area is 171 Å². The summed E-state index contributed by atoms with van der Waals surface area (Å²) in [5.41, 5.74) is -0.406. The third-order valence-electron chi connectivity index (χ3n) is 4.31. The zero-order valence-electron chi connectivity index (χ0n) is 14.5. The van der Waals surface area contributed by atoms with Gasteiger partial charge >= 0.3 is 0 Å². The predicted octanol–water partition coefficient (Wildman–Crippen LogP) is 4.25. The zero-order valence-corrected chi connectivity index (χ0v) is 17.8. The van der Waals surface area contributed by atoms with Gasteiger partial charge in [-0.3, -0.25) is 9.46 Å². The molecule has 1 atom stereocenters. The van der Waals surface area contributed by atoms with Crippen molar-refractivity contribution in [1.29, 1.82) is 0 Å². The van der Waals surface area contributed by atoms with Crippen LogP contribution in [0.4, 0.5) is 24.5 Å². The van der Waals surface area contributed by atoms with Crippen molar-refractivity contribution in [3.05, 3.63) is 56.9 Å². The van der Waals surface area contributed by atoms with Gasteiger partial charge in [0.2, 0.25) is 0 Å². The van der Waals surface area contributed by atoms with Gasteiger partial charge in [0.15, 0.2) is 11.6 Å². The van der Waals surface area contributed by atoms with E-state index >= 15 is 0 Å². The zero-order chi connectivity index (χ0) is 19.7. The average molecular weight is 507 g/mol. The Morgan fingerprint density at radius 1 is 1.26 bits per heavy atom. The first-order valence-electron chi connectivity index (χ1n) is 8.21. The molecule has 1 saturated heterocycles. The molecule has 1 heterocycles. The monoisotopic (exact) mass is 507 g/mol. The predicted molar refractivity (Wildman–Crippen MR) is 110 cm³/mol. The van der Waals surface area contributed by atoms with E-state index in [4.69, 9.17) is 0 Å². The maximum absolute atomic E-state index is 14.4. The topological polar surface area (TPSA) is 35.6 Å². The third kappa shape index (κ3) is 4.55. The number of amides is 1. The second-order valence-corrected chi connectivity index (χ2v) is 8.68. The summed E-state index contributed by atoms with van der Waals surface area (Å²) in [6, 6.07) is 6.45. The summed E-state index contributed by atoms with van der Waals surface area (Å²) < 4.78 is 44.9. The number of anilines is 2. The fourth-order valence-corrected chi connectivity index (χ4v) is 3.76. The van der Waals surface area contributed by atoms with E-state index in [-0.39, 0.29) is 16.9 Å². The van der Waals surface area contributed by atoms with Crippen molar-refractivity contribution in [3.63, 3.8) is 0 Å². The number of hydrogen-bond donors (Lipinski definition) is 1. The van der Waals surface area contributed by atoms with Gasteiger partial charge in [0.25, 0.3) is 5.91 Å². The number of benzene rings is 2. The van der Waals surface area contributed by atoms with E-state index in [1.807, 2.05) is 34.3 Å². The Bertz CT molecular complexity index is 875. The van der Waals surface area contributed by atoms with Crippen LogP contribution < -0.4 is 5.32 Å². The Kier molecular flexibility index (Phi) is 6.28. The lowest BCUT2D eigenvalue weighted by molar-refractivity contribution is 0.0478. The molecule has 1 amide bonds. The van der Waals surface area contributed by atoms with Gasteiger partial charge in [-0.25, -0.2) is 13.2 Å². The van der Waals surface area contributed by atoms with Gasteiger partial charge in [-0.1, -0.05) is 9.39 Å². The molecule has 4 nitrogen and oxygen atoms in total. The fraction of sp³-hybridized carbons (Fsp3) is 0.278. The number of rotatable bonds is 5. The number of halogens is 4. The van der Waals surface area contributed by atoms with Crippen LogP contribution in [0, 0.1) is 26.9 Å². The normalized spacial score (nSPS) is 14.4. The van der Waals surface area contributed by atoms with Gasteiger partial charge in [0, 0.05) is 29.1 Å². The molecule has 0 aromatic heterocycles. The van der Waals surface area contributed by atoms with Gasteiger partial charge in [0.05, 0.1) is 16.9 Å². The first-order chi connectivity index (χ1) is 12.8. The van der Waals surface area contributed by atoms with Gasteiger partial charge < -0.3 is 10.2 Å². The summed E-state index contributed by atoms with van der Waals surface area (Å²) in [6.07, 6.45) is 0. The molecular formula is C18H18F3IN3OP. The van der Waals surface area contributed by atoms with Gasteiger partial charge in [-0.05, 0) is 60.0 Å². The van der Waals surface area contributed by atoms with Crippen LogP contribution >= 0.6 is 32.0 Å². The Morgan fingerprint density at radius 3 is 2.59 bits per heavy atom. The minimum atomic E-state index is -1.21. The quantitative estimate of drug-likeness (QED) is 0.486. The SMILES string of the molecule is CN(P)CC1CN(C(=O)c2ccc(F)c(F)c2Nc2ccc(I)cc2F)C1. The summed E-state index contributed by atoms with van der Waals surface area (Å²) in [4.78, 5) is 14.3. The molecule has 27 heavy (non-hydrogen) atoms. The average Bonchev–Trinajstić information content (AvgIpc) is 2.56. The van der Waals surface area contributed by atoms with E-state index in [1.54, 1.807) is 11.0 Å². The molecule has 1 N–H and O–H groups in total. The standard InChI is InChI=1S/C18H18F3IN3OP/c1-24(27)7-10-8-25(9-10)18(26)12-3-4-13(19)16(21)17(12)23-15-5-2-11(22)6-14(15)20/h2-6,10,23H,7-9,27H2,1H3. The van der Waals surface area contributed by atoms with E-state index in [0.717, 1.165) is 12.6 Å². The van der Waals surface area contributed by atoms with Crippen LogP contribution in [0.5, 0.6) is 0 Å². The Balaban J connectivity index is 1.86. The number of carbonyl (C=O) groups is 1. The summed E-state index contributed by atoms with van der Waals surface area (Å²) >= 11 is 1.95. The van der Waals surface area contributed by atoms with Gasteiger partial charge in [-0.2, -0.15) is 0 Å². The van der Waals surface area contributed by atoms with Crippen LogP contribution in [-0.2, 0) is 0 Å². The highest BCUT2D eigenvalue weighted by atomic mass is 127. The lowest BCUT2D eigenvalue weighted by atomic mass is 9.98. The maximum atomic E-state index is 14.4. The molecule has 0 radical (unpaired) electrons. The molecule has 1 fully saturated rings. The van der Waals surface area contributed by atoms with E-state index < -0.39 is 23.4 Å². The molecule has 9 heteroatoms. The molecule has 144 valence electrons. The van der Waals surface area contributed by atoms with Crippen LogP contribution in [0.15, 0.2) is 30.3 Å². The van der Waals surface area contributed by atoms with Crippen molar-refractivity contribution in [2.24, 2.45) is 5.92 Å². The third-order valence-corrected chi connectivity index (χ3v) is 5.19. The minimum Gasteiger partial charge on any atom is -0.350 e. The van der Waals surface area contributed by atoms with Crippen molar-refractivity contribution in [3.8, 4) is 0 Å². The molecule has 0 saturated carbocycles. The van der Waals surface area contributed by atoms with Crippen LogP contribution in [-0.4, -0.2) is 42.2 Å². The second kappa shape index (κ2) is 8.32. The molecule has 1 aliphatic rings. The minimum absolute atomic E-state index is 0.0236. The molecular weight excluding hydrogens is 489 g/mol. The van der Waals surface area contributed by atoms with Gasteiger partial charge in [-0.15, -0.1) is 0 Å². The van der Waals surface area contributed by atoms with E-state index in [2.05, 4.69) is 14.7 Å². The molecule has 0 aliphatic carbocycles. The highest BCUT2D eigenvalue weighted by Gasteiger charge is 2.33. The number of nitrogens with one attached hydrogen (secondary N) is 1. The van der Waals surface area contributed by atoms with Crippen molar-refractivity contribution in [2.45, 2.75) is 0 Å². The molecule has 1 unspecified atom stereocenters. The lowest BCUT2D eigenvalue weighted by Crippen LogP contribution is -2.52. The van der Waals surface area contributed by atoms with Crippen LogP contribution in [0.1, 0.15) is 10.4 Å². The molecule has 1 aliphatic heterocycles. The highest BCUT2D eigenvalue weighted by Crippen LogP contribution is 2.31. The molecule has 2 aromatic rings. The summed E-state index contributed by atoms with van der Waals surface area (Å²) in [7, 11) is 4.48. The Morgan fingerprint density at radius 2 is 1.96 bits per heavy atom. The van der Waals surface area contributed by atoms with Crippen molar-refractivity contribution < 1.29 is 18.0 Å². The molecule has 0 spiro atoms. The lowest BCUT2D eigenvalue weighted by Gasteiger charge is -2.40. The number of carbonyl (C=O) groups excluding carboxylic acids is 1. The molecule has 3 rings (SSSR count). The fourth-order valence-electron chi connectivity index (χ4n) is 3.01. The second-order valence-electron chi connectivity index (χ2n) is 6.55. The maximum Gasteiger partial charge on any atom is 0.256 e. The first-order valence-corrected chi connectivity index (χ1v) is 9.81. The number of nitrogens with zero attached hydrogens (tertiary/aromatic N) is 2. The largest absolute Gasteiger partial charge is 0.350 e. The Hall–Kier alpha value is -1.38. The molecule has 0 bridgehead atoms. The number of likely N-dealkylation sites (tertiary alicyclic amines) is 1. The van der Waals surface area contributed by atoms with E-state index in [9.17, 15) is 18.0 Å². The van der Waals surface area contributed by atoms with Gasteiger partial charge in [0.1, 0.15) is 5.82 Å². The summed E-state index contributed by atoms with van der Waals surface area (Å²) in [6.45, 7) is 1.88. The molecule has 2 aromatic carbocycles. The number of hydrogen-bond acceptors (Lipinski definition) is 3. The van der Waals surface area contributed by atoms with Crippen molar-refractivity contribution in [1.82, 2.24) is 9.57 Å². The van der Waals surface area contributed by atoms with E-state index in [0.29, 0.717) is 22.6 Å². The van der Waals surface area contributed by atoms with Crippen LogP contribution in [0.3, 0.4) is 0 Å².